The van der Waals surface area contributed by atoms with E-state index in [1.165, 1.54) is 6.08 Å². The zero-order chi connectivity index (χ0) is 14.5. The highest BCUT2D eigenvalue weighted by atomic mass is 16.7. The lowest BCUT2D eigenvalue weighted by molar-refractivity contribution is -0.117. The second kappa shape index (κ2) is 6.43. The van der Waals surface area contributed by atoms with E-state index in [-0.39, 0.29) is 18.7 Å². The van der Waals surface area contributed by atoms with E-state index in [0.29, 0.717) is 12.2 Å². The second-order valence-electron chi connectivity index (χ2n) is 4.94. The first-order valence-corrected chi connectivity index (χ1v) is 6.61. The van der Waals surface area contributed by atoms with Crippen LogP contribution in [0.25, 0.3) is 6.08 Å². The highest BCUT2D eigenvalue weighted by Crippen LogP contribution is 2.32. The van der Waals surface area contributed by atoms with Crippen molar-refractivity contribution in [3.05, 3.63) is 29.8 Å². The molecule has 0 aromatic heterocycles. The Morgan fingerprint density at radius 3 is 2.90 bits per heavy atom. The van der Waals surface area contributed by atoms with Crippen molar-refractivity contribution in [3.8, 4) is 11.5 Å². The van der Waals surface area contributed by atoms with Gasteiger partial charge in [-0.2, -0.15) is 0 Å². The summed E-state index contributed by atoms with van der Waals surface area (Å²) in [4.78, 5) is 11.7. The zero-order valence-electron chi connectivity index (χ0n) is 11.6. The topological polar surface area (TPSA) is 67.8 Å². The van der Waals surface area contributed by atoms with E-state index in [4.69, 9.17) is 9.47 Å². The summed E-state index contributed by atoms with van der Waals surface area (Å²) in [6.07, 6.45) is 3.29. The largest absolute Gasteiger partial charge is 0.454 e. The molecule has 2 atom stereocenters. The number of rotatable bonds is 5. The molecule has 20 heavy (non-hydrogen) atoms. The monoisotopic (exact) mass is 277 g/mol. The number of aliphatic hydroxyl groups is 1. The molecule has 1 amide bonds. The summed E-state index contributed by atoms with van der Waals surface area (Å²) in [5, 5.41) is 12.0. The van der Waals surface area contributed by atoms with Crippen molar-refractivity contribution in [2.75, 3.05) is 6.79 Å². The van der Waals surface area contributed by atoms with E-state index in [1.807, 2.05) is 25.1 Å². The van der Waals surface area contributed by atoms with Gasteiger partial charge in [-0.15, -0.1) is 0 Å². The maximum absolute atomic E-state index is 11.7. The number of hydrogen-bond acceptors (Lipinski definition) is 4. The van der Waals surface area contributed by atoms with E-state index in [2.05, 4.69) is 5.32 Å². The fourth-order valence-corrected chi connectivity index (χ4v) is 2.05. The van der Waals surface area contributed by atoms with Crippen LogP contribution in [0.3, 0.4) is 0 Å². The summed E-state index contributed by atoms with van der Waals surface area (Å²) in [6, 6.07) is 5.43. The van der Waals surface area contributed by atoms with Gasteiger partial charge in [0.25, 0.3) is 0 Å². The molecule has 0 fully saturated rings. The molecule has 0 spiro atoms. The number of carbonyl (C=O) groups excluding carboxylic acids is 1. The molecule has 0 saturated heterocycles. The molecule has 1 aromatic carbocycles. The van der Waals surface area contributed by atoms with E-state index in [1.54, 1.807) is 13.0 Å². The molecule has 5 heteroatoms. The lowest BCUT2D eigenvalue weighted by Gasteiger charge is -2.13. The molecule has 0 bridgehead atoms. The van der Waals surface area contributed by atoms with Gasteiger partial charge in [-0.05, 0) is 44.0 Å². The molecular weight excluding hydrogens is 258 g/mol. The predicted molar refractivity (Wildman–Crippen MR) is 75.5 cm³/mol. The second-order valence-corrected chi connectivity index (χ2v) is 4.94. The minimum Gasteiger partial charge on any atom is -0.454 e. The van der Waals surface area contributed by atoms with Crippen LogP contribution >= 0.6 is 0 Å². The summed E-state index contributed by atoms with van der Waals surface area (Å²) in [5.41, 5.74) is 0.868. The van der Waals surface area contributed by atoms with Gasteiger partial charge in [-0.1, -0.05) is 6.07 Å². The number of hydrogen-bond donors (Lipinski definition) is 2. The average Bonchev–Trinajstić information content (AvgIpc) is 2.82. The number of fused-ring (bicyclic) bond motifs is 1. The van der Waals surface area contributed by atoms with Crippen LogP contribution in [0.1, 0.15) is 25.8 Å². The number of amides is 1. The van der Waals surface area contributed by atoms with Crippen molar-refractivity contribution >= 4 is 12.0 Å². The van der Waals surface area contributed by atoms with Crippen LogP contribution in [0.4, 0.5) is 0 Å². The lowest BCUT2D eigenvalue weighted by atomic mass is 10.1. The van der Waals surface area contributed by atoms with Crippen molar-refractivity contribution in [2.45, 2.75) is 32.4 Å². The summed E-state index contributed by atoms with van der Waals surface area (Å²) >= 11 is 0. The summed E-state index contributed by atoms with van der Waals surface area (Å²) in [7, 11) is 0. The Bertz CT molecular complexity index is 511. The minimum atomic E-state index is -0.428. The van der Waals surface area contributed by atoms with Crippen LogP contribution in [-0.2, 0) is 4.79 Å². The maximum Gasteiger partial charge on any atom is 0.244 e. The first-order valence-electron chi connectivity index (χ1n) is 6.61. The molecule has 108 valence electrons. The van der Waals surface area contributed by atoms with Crippen LogP contribution in [-0.4, -0.2) is 30.0 Å². The summed E-state index contributed by atoms with van der Waals surface area (Å²) in [6.45, 7) is 3.80. The summed E-state index contributed by atoms with van der Waals surface area (Å²) < 4.78 is 10.5. The molecule has 0 aliphatic carbocycles. The van der Waals surface area contributed by atoms with Crippen molar-refractivity contribution in [1.29, 1.82) is 0 Å². The Kier molecular flexibility index (Phi) is 4.63. The number of carbonyl (C=O) groups is 1. The van der Waals surface area contributed by atoms with Gasteiger partial charge >= 0.3 is 0 Å². The van der Waals surface area contributed by atoms with E-state index in [9.17, 15) is 9.90 Å². The van der Waals surface area contributed by atoms with Crippen molar-refractivity contribution in [1.82, 2.24) is 5.32 Å². The summed E-state index contributed by atoms with van der Waals surface area (Å²) in [5.74, 6) is 1.23. The highest BCUT2D eigenvalue weighted by Gasteiger charge is 2.12. The molecule has 0 radical (unpaired) electrons. The Balaban J connectivity index is 1.90. The highest BCUT2D eigenvalue weighted by molar-refractivity contribution is 5.92. The minimum absolute atomic E-state index is 0.0658. The molecule has 1 aromatic rings. The Hall–Kier alpha value is -2.01. The smallest absolute Gasteiger partial charge is 0.244 e. The van der Waals surface area contributed by atoms with Gasteiger partial charge < -0.3 is 19.9 Å². The zero-order valence-corrected chi connectivity index (χ0v) is 11.6. The predicted octanol–water partition coefficient (Wildman–Crippen LogP) is 1.70. The molecular formula is C15H19NO4. The van der Waals surface area contributed by atoms with Crippen molar-refractivity contribution < 1.29 is 19.4 Å². The molecule has 1 aliphatic rings. The van der Waals surface area contributed by atoms with Crippen LogP contribution in [0, 0.1) is 0 Å². The number of aliphatic hydroxyl groups excluding tert-OH is 1. The lowest BCUT2D eigenvalue weighted by Crippen LogP contribution is -2.33. The average molecular weight is 277 g/mol. The van der Waals surface area contributed by atoms with Crippen LogP contribution in [0.15, 0.2) is 24.3 Å². The van der Waals surface area contributed by atoms with Gasteiger partial charge in [0.2, 0.25) is 12.7 Å². The van der Waals surface area contributed by atoms with Crippen LogP contribution in [0.2, 0.25) is 0 Å². The fourth-order valence-electron chi connectivity index (χ4n) is 2.05. The maximum atomic E-state index is 11.7. The fraction of sp³-hybridized carbons (Fsp3) is 0.400. The SMILES string of the molecule is CC(O)CC(C)NC(=O)/C=C/c1ccc2c(c1)OCO2. The number of nitrogens with one attached hydrogen (secondary N) is 1. The molecule has 2 rings (SSSR count). The van der Waals surface area contributed by atoms with Gasteiger partial charge in [0.1, 0.15) is 0 Å². The van der Waals surface area contributed by atoms with E-state index >= 15 is 0 Å². The third kappa shape index (κ3) is 3.99. The first-order chi connectivity index (χ1) is 9.54. The van der Waals surface area contributed by atoms with Gasteiger partial charge in [-0.25, -0.2) is 0 Å². The van der Waals surface area contributed by atoms with Gasteiger partial charge in [0, 0.05) is 12.1 Å². The van der Waals surface area contributed by atoms with Crippen LogP contribution in [0.5, 0.6) is 11.5 Å². The molecule has 2 N–H and O–H groups in total. The van der Waals surface area contributed by atoms with Crippen molar-refractivity contribution in [3.63, 3.8) is 0 Å². The third-order valence-corrected chi connectivity index (χ3v) is 2.91. The number of benzene rings is 1. The van der Waals surface area contributed by atoms with E-state index < -0.39 is 6.10 Å². The standard InChI is InChI=1S/C15H19NO4/c1-10(7-11(2)17)16-15(18)6-4-12-3-5-13-14(8-12)20-9-19-13/h3-6,8,10-11,17H,7,9H2,1-2H3,(H,16,18)/b6-4+. The normalized spacial score (nSPS) is 16.1. The molecule has 2 unspecified atom stereocenters. The van der Waals surface area contributed by atoms with Crippen molar-refractivity contribution in [2.24, 2.45) is 0 Å². The Morgan fingerprint density at radius 1 is 1.40 bits per heavy atom. The van der Waals surface area contributed by atoms with E-state index in [0.717, 1.165) is 11.3 Å². The van der Waals surface area contributed by atoms with Gasteiger partial charge in [0.05, 0.1) is 6.10 Å². The van der Waals surface area contributed by atoms with Crippen LogP contribution < -0.4 is 14.8 Å². The molecule has 0 saturated carbocycles. The molecule has 1 heterocycles. The van der Waals surface area contributed by atoms with Gasteiger partial charge in [-0.3, -0.25) is 4.79 Å². The number of ether oxygens (including phenoxy) is 2. The Morgan fingerprint density at radius 2 is 2.15 bits per heavy atom. The quantitative estimate of drug-likeness (QED) is 0.804. The van der Waals surface area contributed by atoms with Gasteiger partial charge in [0.15, 0.2) is 11.5 Å². The first kappa shape index (κ1) is 14.4. The molecule has 5 nitrogen and oxygen atoms in total. The molecule has 1 aliphatic heterocycles. The Labute approximate surface area is 118 Å². The third-order valence-electron chi connectivity index (χ3n) is 2.91.